The smallest absolute Gasteiger partial charge is 0.369 e. The molecule has 106 valence electrons. The van der Waals surface area contributed by atoms with E-state index in [4.69, 9.17) is 0 Å². The second-order valence-electron chi connectivity index (χ2n) is 4.00. The Bertz CT molecular complexity index is 472. The molecule has 0 saturated heterocycles. The Balaban J connectivity index is 3.66. The van der Waals surface area contributed by atoms with Crippen LogP contribution in [0.15, 0.2) is 24.8 Å². The van der Waals surface area contributed by atoms with Gasteiger partial charge in [0.2, 0.25) is 0 Å². The summed E-state index contributed by atoms with van der Waals surface area (Å²) in [4.78, 5) is 0. The van der Waals surface area contributed by atoms with Gasteiger partial charge in [0, 0.05) is 5.56 Å². The fraction of sp³-hybridized carbons (Fsp3) is 0.333. The number of rotatable bonds is 2. The highest BCUT2D eigenvalue weighted by Gasteiger charge is 2.71. The lowest BCUT2D eigenvalue weighted by Gasteiger charge is -2.33. The number of halogens is 6. The van der Waals surface area contributed by atoms with E-state index in [0.29, 0.717) is 11.6 Å². The molecule has 1 aromatic rings. The molecule has 0 aliphatic heterocycles. The molecular weight excluding hydrogens is 274 g/mol. The number of hydrogen-bond donors (Lipinski definition) is 1. The van der Waals surface area contributed by atoms with Crippen LogP contribution in [0.2, 0.25) is 0 Å². The Kier molecular flexibility index (Phi) is 3.73. The highest BCUT2D eigenvalue weighted by atomic mass is 19.4. The van der Waals surface area contributed by atoms with E-state index >= 15 is 0 Å². The van der Waals surface area contributed by atoms with E-state index in [-0.39, 0.29) is 0 Å². The molecule has 1 rings (SSSR count). The van der Waals surface area contributed by atoms with Crippen molar-refractivity contribution in [2.75, 3.05) is 0 Å². The second kappa shape index (κ2) is 4.56. The molecule has 0 amide bonds. The molecule has 0 radical (unpaired) electrons. The van der Waals surface area contributed by atoms with Crippen LogP contribution in [0.4, 0.5) is 26.3 Å². The Morgan fingerprint density at radius 3 is 1.89 bits per heavy atom. The van der Waals surface area contributed by atoms with Crippen LogP contribution in [0.3, 0.4) is 0 Å². The van der Waals surface area contributed by atoms with Gasteiger partial charge in [0.1, 0.15) is 0 Å². The van der Waals surface area contributed by atoms with Crippen LogP contribution in [-0.2, 0) is 5.60 Å². The van der Waals surface area contributed by atoms with Gasteiger partial charge in [-0.3, -0.25) is 0 Å². The van der Waals surface area contributed by atoms with Gasteiger partial charge in [-0.25, -0.2) is 0 Å². The quantitative estimate of drug-likeness (QED) is 0.815. The first kappa shape index (κ1) is 15.6. The summed E-state index contributed by atoms with van der Waals surface area (Å²) in [6.45, 7) is 4.66. The molecule has 0 heterocycles. The van der Waals surface area contributed by atoms with Crippen molar-refractivity contribution in [2.24, 2.45) is 0 Å². The van der Waals surface area contributed by atoms with Gasteiger partial charge in [-0.1, -0.05) is 36.4 Å². The summed E-state index contributed by atoms with van der Waals surface area (Å²) >= 11 is 0. The summed E-state index contributed by atoms with van der Waals surface area (Å²) < 4.78 is 76.2. The number of hydrogen-bond acceptors (Lipinski definition) is 1. The van der Waals surface area contributed by atoms with E-state index in [0.717, 1.165) is 18.2 Å². The van der Waals surface area contributed by atoms with Crippen LogP contribution in [0, 0.1) is 6.92 Å². The van der Waals surface area contributed by atoms with Gasteiger partial charge >= 0.3 is 12.4 Å². The molecule has 7 heteroatoms. The van der Waals surface area contributed by atoms with E-state index in [1.807, 2.05) is 0 Å². The topological polar surface area (TPSA) is 20.2 Å². The van der Waals surface area contributed by atoms with Gasteiger partial charge < -0.3 is 5.11 Å². The number of aliphatic hydroxyl groups is 1. The predicted octanol–water partition coefficient (Wildman–Crippen LogP) is 3.95. The summed E-state index contributed by atoms with van der Waals surface area (Å²) in [6.07, 6.45) is -10.9. The van der Waals surface area contributed by atoms with Crippen molar-refractivity contribution in [1.29, 1.82) is 0 Å². The Labute approximate surface area is 105 Å². The van der Waals surface area contributed by atoms with Crippen molar-refractivity contribution in [3.05, 3.63) is 41.5 Å². The minimum atomic E-state index is -5.89. The molecule has 1 N–H and O–H groups in total. The van der Waals surface area contributed by atoms with E-state index in [9.17, 15) is 31.4 Å². The van der Waals surface area contributed by atoms with Crippen molar-refractivity contribution < 1.29 is 31.4 Å². The molecule has 0 aromatic heterocycles. The van der Waals surface area contributed by atoms with Crippen LogP contribution in [0.1, 0.15) is 16.7 Å². The average molecular weight is 284 g/mol. The zero-order chi connectivity index (χ0) is 15.1. The maximum absolute atomic E-state index is 12.7. The second-order valence-corrected chi connectivity index (χ2v) is 4.00. The van der Waals surface area contributed by atoms with Gasteiger partial charge in [-0.15, -0.1) is 0 Å². The van der Waals surface area contributed by atoms with Crippen LogP contribution in [0.5, 0.6) is 0 Å². The molecule has 0 atom stereocenters. The third kappa shape index (κ3) is 2.47. The largest absolute Gasteiger partial charge is 0.430 e. The van der Waals surface area contributed by atoms with E-state index < -0.39 is 29.1 Å². The van der Waals surface area contributed by atoms with Gasteiger partial charge in [-0.2, -0.15) is 26.3 Å². The number of benzene rings is 1. The third-order valence-electron chi connectivity index (χ3n) is 2.64. The van der Waals surface area contributed by atoms with Gasteiger partial charge in [0.25, 0.3) is 5.60 Å². The lowest BCUT2D eigenvalue weighted by Crippen LogP contribution is -2.54. The standard InChI is InChI=1S/C12H10F6O/c1-3-8-6-7(2)4-5-9(8)10(19,11(13,14)15)12(16,17)18/h3-6,19H,1H2,2H3. The van der Waals surface area contributed by atoms with Crippen LogP contribution >= 0.6 is 0 Å². The monoisotopic (exact) mass is 284 g/mol. The summed E-state index contributed by atoms with van der Waals surface area (Å²) in [5, 5.41) is 9.26. The molecule has 0 unspecified atom stereocenters. The summed E-state index contributed by atoms with van der Waals surface area (Å²) in [5.74, 6) is 0. The maximum atomic E-state index is 12.7. The first-order valence-corrected chi connectivity index (χ1v) is 5.04. The lowest BCUT2D eigenvalue weighted by atomic mass is 9.87. The van der Waals surface area contributed by atoms with Crippen molar-refractivity contribution in [2.45, 2.75) is 24.9 Å². The highest BCUT2D eigenvalue weighted by molar-refractivity contribution is 5.56. The normalized spacial score (nSPS) is 13.5. The molecule has 0 fully saturated rings. The third-order valence-corrected chi connectivity index (χ3v) is 2.64. The molecule has 0 spiro atoms. The van der Waals surface area contributed by atoms with Crippen molar-refractivity contribution in [1.82, 2.24) is 0 Å². The van der Waals surface area contributed by atoms with Gasteiger partial charge in [0.05, 0.1) is 0 Å². The zero-order valence-corrected chi connectivity index (χ0v) is 9.73. The fourth-order valence-corrected chi connectivity index (χ4v) is 1.65. The predicted molar refractivity (Wildman–Crippen MR) is 57.3 cm³/mol. The van der Waals surface area contributed by atoms with Crippen LogP contribution < -0.4 is 0 Å². The maximum Gasteiger partial charge on any atom is 0.430 e. The molecule has 19 heavy (non-hydrogen) atoms. The van der Waals surface area contributed by atoms with Crippen LogP contribution in [-0.4, -0.2) is 17.5 Å². The first-order chi connectivity index (χ1) is 8.45. The Hall–Kier alpha value is -1.50. The molecule has 1 nitrogen and oxygen atoms in total. The summed E-state index contributed by atoms with van der Waals surface area (Å²) in [6, 6.07) is 2.75. The van der Waals surface area contributed by atoms with Crippen LogP contribution in [0.25, 0.3) is 6.08 Å². The molecule has 0 aliphatic carbocycles. The van der Waals surface area contributed by atoms with Crippen molar-refractivity contribution >= 4 is 6.08 Å². The van der Waals surface area contributed by atoms with E-state index in [1.54, 1.807) is 0 Å². The molecule has 0 bridgehead atoms. The number of alkyl halides is 6. The van der Waals surface area contributed by atoms with Crippen molar-refractivity contribution in [3.8, 4) is 0 Å². The number of aryl methyl sites for hydroxylation is 1. The average Bonchev–Trinajstić information content (AvgIpc) is 2.24. The summed E-state index contributed by atoms with van der Waals surface area (Å²) in [5.41, 5.74) is -6.17. The van der Waals surface area contributed by atoms with Gasteiger partial charge in [-0.05, 0) is 12.5 Å². The first-order valence-electron chi connectivity index (χ1n) is 5.04. The van der Waals surface area contributed by atoms with Gasteiger partial charge in [0.15, 0.2) is 0 Å². The Morgan fingerprint density at radius 2 is 1.53 bits per heavy atom. The van der Waals surface area contributed by atoms with Crippen molar-refractivity contribution in [3.63, 3.8) is 0 Å². The minimum Gasteiger partial charge on any atom is -0.369 e. The summed E-state index contributed by atoms with van der Waals surface area (Å²) in [7, 11) is 0. The molecule has 0 saturated carbocycles. The minimum absolute atomic E-state index is 0.419. The molecule has 1 aromatic carbocycles. The molecular formula is C12H10F6O. The van der Waals surface area contributed by atoms with E-state index in [2.05, 4.69) is 6.58 Å². The zero-order valence-electron chi connectivity index (χ0n) is 9.73. The Morgan fingerprint density at radius 1 is 1.05 bits per heavy atom. The highest BCUT2D eigenvalue weighted by Crippen LogP contribution is 2.51. The SMILES string of the molecule is C=Cc1cc(C)ccc1C(O)(C(F)(F)F)C(F)(F)F. The lowest BCUT2D eigenvalue weighted by molar-refractivity contribution is -0.376. The fourth-order valence-electron chi connectivity index (χ4n) is 1.65. The van der Waals surface area contributed by atoms with E-state index in [1.165, 1.54) is 6.92 Å². The molecule has 0 aliphatic rings.